The monoisotopic (exact) mass is 393 g/mol. The Kier molecular flexibility index (Phi) is 4.02. The van der Waals surface area contributed by atoms with Crippen LogP contribution in [0, 0.1) is 0 Å². The Labute approximate surface area is 135 Å². The number of rotatable bonds is 3. The summed E-state index contributed by atoms with van der Waals surface area (Å²) in [4.78, 5) is 12.2. The first-order valence-electron chi connectivity index (χ1n) is 6.54. The molecule has 2 heterocycles. The third kappa shape index (κ3) is 3.26. The maximum Gasteiger partial charge on any atom is 0.261 e. The van der Waals surface area contributed by atoms with Gasteiger partial charge in [-0.1, -0.05) is 15.9 Å². The fraction of sp³-hybridized carbons (Fsp3) is 0.462. The molecule has 21 heavy (non-hydrogen) atoms. The van der Waals surface area contributed by atoms with Crippen LogP contribution >= 0.6 is 26.6 Å². The van der Waals surface area contributed by atoms with Crippen LogP contribution in [0.1, 0.15) is 29.6 Å². The van der Waals surface area contributed by atoms with Crippen molar-refractivity contribution in [3.05, 3.63) is 28.2 Å². The van der Waals surface area contributed by atoms with E-state index >= 15 is 0 Å². The molecule has 2 aliphatic heterocycles. The molecule has 2 fully saturated rings. The number of benzene rings is 1. The van der Waals surface area contributed by atoms with E-state index in [0.29, 0.717) is 4.47 Å². The van der Waals surface area contributed by atoms with E-state index < -0.39 is 9.05 Å². The number of hydrogen-bond acceptors (Lipinski definition) is 4. The third-order valence-corrected chi connectivity index (χ3v) is 5.63. The topological polar surface area (TPSA) is 72.5 Å². The van der Waals surface area contributed by atoms with Gasteiger partial charge in [-0.25, -0.2) is 8.42 Å². The number of halogens is 2. The van der Waals surface area contributed by atoms with E-state index in [9.17, 15) is 13.2 Å². The average Bonchev–Trinajstić information content (AvgIpc) is 2.99. The SMILES string of the molecule is O=C(NC1CC2CCC1O2)c1cc(Br)cc(S(=O)(=O)Cl)c1. The third-order valence-electron chi connectivity index (χ3n) is 3.84. The summed E-state index contributed by atoms with van der Waals surface area (Å²) in [7, 11) is 1.45. The van der Waals surface area contributed by atoms with Crippen molar-refractivity contribution < 1.29 is 17.9 Å². The fourth-order valence-corrected chi connectivity index (χ4v) is 4.32. The van der Waals surface area contributed by atoms with Crippen LogP contribution in [0.15, 0.2) is 27.6 Å². The molecular weight excluding hydrogens is 382 g/mol. The summed E-state index contributed by atoms with van der Waals surface area (Å²) in [5.74, 6) is -0.320. The molecule has 3 unspecified atom stereocenters. The van der Waals surface area contributed by atoms with Crippen molar-refractivity contribution in [1.29, 1.82) is 0 Å². The lowest BCUT2D eigenvalue weighted by atomic mass is 9.95. The lowest BCUT2D eigenvalue weighted by Crippen LogP contribution is -2.41. The van der Waals surface area contributed by atoms with E-state index in [2.05, 4.69) is 21.2 Å². The maximum atomic E-state index is 12.3. The van der Waals surface area contributed by atoms with Crippen LogP contribution in [0.4, 0.5) is 0 Å². The molecule has 3 rings (SSSR count). The van der Waals surface area contributed by atoms with Crippen LogP contribution in [0.5, 0.6) is 0 Å². The molecule has 3 atom stereocenters. The van der Waals surface area contributed by atoms with E-state index in [1.165, 1.54) is 12.1 Å². The Balaban J connectivity index is 1.80. The van der Waals surface area contributed by atoms with Crippen LogP contribution in [0.2, 0.25) is 0 Å². The molecule has 2 saturated heterocycles. The highest BCUT2D eigenvalue weighted by Gasteiger charge is 2.41. The fourth-order valence-electron chi connectivity index (χ4n) is 2.88. The highest BCUT2D eigenvalue weighted by atomic mass is 79.9. The van der Waals surface area contributed by atoms with Gasteiger partial charge in [0.25, 0.3) is 15.0 Å². The van der Waals surface area contributed by atoms with Gasteiger partial charge in [0.05, 0.1) is 23.1 Å². The van der Waals surface area contributed by atoms with Crippen molar-refractivity contribution in [3.63, 3.8) is 0 Å². The molecule has 2 bridgehead atoms. The summed E-state index contributed by atoms with van der Waals surface area (Å²) >= 11 is 3.19. The van der Waals surface area contributed by atoms with Gasteiger partial charge in [0, 0.05) is 20.7 Å². The first-order chi connectivity index (χ1) is 9.83. The summed E-state index contributed by atoms with van der Waals surface area (Å²) < 4.78 is 29.0. The molecule has 1 N–H and O–H groups in total. The van der Waals surface area contributed by atoms with E-state index in [-0.39, 0.29) is 34.6 Å². The molecule has 0 radical (unpaired) electrons. The first kappa shape index (κ1) is 15.3. The minimum atomic E-state index is -3.88. The predicted octanol–water partition coefficient (Wildman–Crippen LogP) is 2.43. The smallest absolute Gasteiger partial charge is 0.261 e. The zero-order valence-electron chi connectivity index (χ0n) is 10.9. The molecule has 2 aliphatic rings. The number of ether oxygens (including phenoxy) is 1. The Morgan fingerprint density at radius 1 is 1.33 bits per heavy atom. The number of amides is 1. The summed E-state index contributed by atoms with van der Waals surface area (Å²) in [6.45, 7) is 0. The highest BCUT2D eigenvalue weighted by Crippen LogP contribution is 2.34. The lowest BCUT2D eigenvalue weighted by molar-refractivity contribution is 0.0840. The van der Waals surface area contributed by atoms with Gasteiger partial charge in [-0.15, -0.1) is 0 Å². The molecule has 1 amide bonds. The Bertz CT molecular complexity index is 693. The molecule has 0 saturated carbocycles. The summed E-state index contributed by atoms with van der Waals surface area (Å²) in [6.07, 6.45) is 3.12. The summed E-state index contributed by atoms with van der Waals surface area (Å²) in [5, 5.41) is 2.91. The number of carbonyl (C=O) groups is 1. The quantitative estimate of drug-likeness (QED) is 0.799. The molecule has 5 nitrogen and oxygen atoms in total. The first-order valence-corrected chi connectivity index (χ1v) is 9.65. The largest absolute Gasteiger partial charge is 0.373 e. The second kappa shape index (κ2) is 5.53. The van der Waals surface area contributed by atoms with Gasteiger partial charge < -0.3 is 10.1 Å². The molecule has 8 heteroatoms. The Morgan fingerprint density at radius 2 is 2.10 bits per heavy atom. The molecular formula is C13H13BrClNO4S. The normalized spacial score (nSPS) is 27.8. The maximum absolute atomic E-state index is 12.3. The highest BCUT2D eigenvalue weighted by molar-refractivity contribution is 9.10. The molecule has 0 aromatic heterocycles. The second-order valence-electron chi connectivity index (χ2n) is 5.30. The predicted molar refractivity (Wildman–Crippen MR) is 80.9 cm³/mol. The van der Waals surface area contributed by atoms with Gasteiger partial charge in [0.2, 0.25) is 0 Å². The van der Waals surface area contributed by atoms with Crippen molar-refractivity contribution >= 4 is 41.6 Å². The van der Waals surface area contributed by atoms with Crippen LogP contribution < -0.4 is 5.32 Å². The standard InChI is InChI=1S/C13H13BrClNO4S/c14-8-3-7(4-10(5-8)21(15,18)19)13(17)16-11-6-9-1-2-12(11)20-9/h3-5,9,11-12H,1-2,6H2,(H,16,17). The van der Waals surface area contributed by atoms with Crippen LogP contribution in [-0.4, -0.2) is 32.6 Å². The summed E-state index contributed by atoms with van der Waals surface area (Å²) in [5.41, 5.74) is 0.256. The zero-order valence-corrected chi connectivity index (χ0v) is 14.0. The lowest BCUT2D eigenvalue weighted by Gasteiger charge is -2.20. The van der Waals surface area contributed by atoms with Gasteiger partial charge in [-0.2, -0.15) is 0 Å². The number of carbonyl (C=O) groups excluding carboxylic acids is 1. The number of fused-ring (bicyclic) bond motifs is 2. The van der Waals surface area contributed by atoms with E-state index in [1.54, 1.807) is 6.07 Å². The van der Waals surface area contributed by atoms with Crippen molar-refractivity contribution in [2.45, 2.75) is 42.4 Å². The second-order valence-corrected chi connectivity index (χ2v) is 8.78. The van der Waals surface area contributed by atoms with Crippen molar-refractivity contribution in [2.75, 3.05) is 0 Å². The minimum absolute atomic E-state index is 0.00806. The molecule has 0 spiro atoms. The minimum Gasteiger partial charge on any atom is -0.373 e. The van der Waals surface area contributed by atoms with E-state index in [1.807, 2.05) is 0 Å². The van der Waals surface area contributed by atoms with Gasteiger partial charge >= 0.3 is 0 Å². The zero-order chi connectivity index (χ0) is 15.2. The van der Waals surface area contributed by atoms with Crippen LogP contribution in [0.3, 0.4) is 0 Å². The molecule has 1 aromatic carbocycles. The van der Waals surface area contributed by atoms with Crippen LogP contribution in [0.25, 0.3) is 0 Å². The average molecular weight is 395 g/mol. The van der Waals surface area contributed by atoms with Crippen LogP contribution in [-0.2, 0) is 13.8 Å². The molecule has 1 aromatic rings. The van der Waals surface area contributed by atoms with Gasteiger partial charge in [-0.05, 0) is 37.5 Å². The number of hydrogen-bond donors (Lipinski definition) is 1. The Hall–Kier alpha value is -0.630. The van der Waals surface area contributed by atoms with Crippen molar-refractivity contribution in [2.24, 2.45) is 0 Å². The van der Waals surface area contributed by atoms with Crippen molar-refractivity contribution in [3.8, 4) is 0 Å². The number of nitrogens with one attached hydrogen (secondary N) is 1. The Morgan fingerprint density at radius 3 is 2.67 bits per heavy atom. The molecule has 114 valence electrons. The molecule has 0 aliphatic carbocycles. The van der Waals surface area contributed by atoms with Gasteiger partial charge in [-0.3, -0.25) is 4.79 Å². The summed E-state index contributed by atoms with van der Waals surface area (Å²) in [6, 6.07) is 4.19. The van der Waals surface area contributed by atoms with Crippen molar-refractivity contribution in [1.82, 2.24) is 5.32 Å². The van der Waals surface area contributed by atoms with Gasteiger partial charge in [0.1, 0.15) is 0 Å². The van der Waals surface area contributed by atoms with Gasteiger partial charge in [0.15, 0.2) is 0 Å². The van der Waals surface area contributed by atoms with E-state index in [4.69, 9.17) is 15.4 Å². The van der Waals surface area contributed by atoms with E-state index in [0.717, 1.165) is 19.3 Å².